The van der Waals surface area contributed by atoms with Gasteiger partial charge in [0.15, 0.2) is 16.7 Å². The maximum Gasteiger partial charge on any atom is 0.259 e. The fourth-order valence-corrected chi connectivity index (χ4v) is 5.72. The molecule has 44 heavy (non-hydrogen) atoms. The van der Waals surface area contributed by atoms with Gasteiger partial charge in [0.2, 0.25) is 18.6 Å². The van der Waals surface area contributed by atoms with Crippen molar-refractivity contribution in [3.05, 3.63) is 71.8 Å². The number of hydrogen-bond donors (Lipinski definition) is 2. The SMILES string of the molecule is COc1ccc(OC)c(NC(=O)CSC2=Nc3ccccc3C3=N[C@H](CCC(=O)NCc4ccc5c(c4)OCO5)C(=O)N23)c1. The predicted octanol–water partition coefficient (Wildman–Crippen LogP) is 3.86. The molecule has 3 aromatic carbocycles. The van der Waals surface area contributed by atoms with Gasteiger partial charge in [-0.15, -0.1) is 0 Å². The first-order valence-corrected chi connectivity index (χ1v) is 14.8. The Labute approximate surface area is 257 Å². The molecule has 0 saturated heterocycles. The first-order valence-electron chi connectivity index (χ1n) is 13.8. The molecule has 6 rings (SSSR count). The molecule has 0 aliphatic carbocycles. The quantitative estimate of drug-likeness (QED) is 0.351. The summed E-state index contributed by atoms with van der Waals surface area (Å²) in [5.41, 5.74) is 2.70. The van der Waals surface area contributed by atoms with Crippen LogP contribution in [0.5, 0.6) is 23.0 Å². The second-order valence-electron chi connectivity index (χ2n) is 9.96. The number of fused-ring (bicyclic) bond motifs is 4. The number of carbonyl (C=O) groups is 3. The molecule has 3 aromatic rings. The van der Waals surface area contributed by atoms with Crippen molar-refractivity contribution in [2.24, 2.45) is 9.98 Å². The van der Waals surface area contributed by atoms with E-state index in [1.165, 1.54) is 19.1 Å². The van der Waals surface area contributed by atoms with E-state index in [0.717, 1.165) is 17.3 Å². The number of nitrogens with zero attached hydrogens (tertiary/aromatic N) is 3. The van der Waals surface area contributed by atoms with Gasteiger partial charge in [0, 0.05) is 24.6 Å². The molecule has 0 radical (unpaired) electrons. The number of nitrogens with one attached hydrogen (secondary N) is 2. The van der Waals surface area contributed by atoms with Crippen LogP contribution in [-0.2, 0) is 20.9 Å². The molecule has 3 aliphatic rings. The third-order valence-corrected chi connectivity index (χ3v) is 8.07. The number of ether oxygens (including phenoxy) is 4. The van der Waals surface area contributed by atoms with Crippen LogP contribution >= 0.6 is 11.8 Å². The molecular weight excluding hydrogens is 586 g/mol. The number of thioether (sulfide) groups is 1. The highest BCUT2D eigenvalue weighted by atomic mass is 32.2. The molecule has 0 saturated carbocycles. The number of rotatable bonds is 10. The lowest BCUT2D eigenvalue weighted by Gasteiger charge is -2.25. The fraction of sp³-hybridized carbons (Fsp3) is 0.258. The molecule has 13 heteroatoms. The van der Waals surface area contributed by atoms with E-state index < -0.39 is 6.04 Å². The van der Waals surface area contributed by atoms with Crippen molar-refractivity contribution in [2.45, 2.75) is 25.4 Å². The van der Waals surface area contributed by atoms with Gasteiger partial charge in [-0.05, 0) is 48.4 Å². The van der Waals surface area contributed by atoms with Crippen LogP contribution in [0.3, 0.4) is 0 Å². The van der Waals surface area contributed by atoms with Gasteiger partial charge in [0.25, 0.3) is 5.91 Å². The van der Waals surface area contributed by atoms with Gasteiger partial charge in [0.05, 0.1) is 31.3 Å². The Bertz CT molecular complexity index is 1690. The van der Waals surface area contributed by atoms with Gasteiger partial charge in [0.1, 0.15) is 23.4 Å². The molecule has 0 bridgehead atoms. The van der Waals surface area contributed by atoms with Crippen LogP contribution < -0.4 is 29.6 Å². The number of methoxy groups -OCH3 is 2. The van der Waals surface area contributed by atoms with Crippen LogP contribution in [0.25, 0.3) is 0 Å². The fourth-order valence-electron chi connectivity index (χ4n) is 4.92. The molecule has 226 valence electrons. The monoisotopic (exact) mass is 615 g/mol. The van der Waals surface area contributed by atoms with E-state index in [1.54, 1.807) is 18.2 Å². The zero-order chi connectivity index (χ0) is 30.6. The number of benzene rings is 3. The molecular formula is C31H29N5O7S. The van der Waals surface area contributed by atoms with Crippen molar-refractivity contribution in [3.8, 4) is 23.0 Å². The first kappa shape index (κ1) is 29.1. The van der Waals surface area contributed by atoms with Gasteiger partial charge in [-0.25, -0.2) is 9.89 Å². The van der Waals surface area contributed by atoms with E-state index in [9.17, 15) is 14.4 Å². The Morgan fingerprint density at radius 2 is 1.86 bits per heavy atom. The van der Waals surface area contributed by atoms with Gasteiger partial charge in [-0.2, -0.15) is 0 Å². The van der Waals surface area contributed by atoms with Gasteiger partial charge < -0.3 is 29.6 Å². The summed E-state index contributed by atoms with van der Waals surface area (Å²) in [6, 6.07) is 17.2. The summed E-state index contributed by atoms with van der Waals surface area (Å²) in [7, 11) is 3.05. The summed E-state index contributed by atoms with van der Waals surface area (Å²) in [5.74, 6) is 2.01. The largest absolute Gasteiger partial charge is 0.497 e. The van der Waals surface area contributed by atoms with E-state index in [2.05, 4.69) is 15.6 Å². The van der Waals surface area contributed by atoms with E-state index in [0.29, 0.717) is 57.5 Å². The van der Waals surface area contributed by atoms with Gasteiger partial charge >= 0.3 is 0 Å². The number of aliphatic imine (C=N–C) groups is 2. The van der Waals surface area contributed by atoms with Crippen molar-refractivity contribution in [1.82, 2.24) is 10.2 Å². The molecule has 2 N–H and O–H groups in total. The molecule has 1 atom stereocenters. The molecule has 0 unspecified atom stereocenters. The van der Waals surface area contributed by atoms with E-state index >= 15 is 0 Å². The lowest BCUT2D eigenvalue weighted by atomic mass is 10.1. The summed E-state index contributed by atoms with van der Waals surface area (Å²) < 4.78 is 21.3. The third-order valence-electron chi connectivity index (χ3n) is 7.13. The summed E-state index contributed by atoms with van der Waals surface area (Å²) in [6.07, 6.45) is 0.333. The Balaban J connectivity index is 1.09. The topological polar surface area (TPSA) is 140 Å². The predicted molar refractivity (Wildman–Crippen MR) is 165 cm³/mol. The van der Waals surface area contributed by atoms with Crippen molar-refractivity contribution in [2.75, 3.05) is 32.1 Å². The van der Waals surface area contributed by atoms with Crippen LogP contribution in [0.2, 0.25) is 0 Å². The van der Waals surface area contributed by atoms with E-state index in [4.69, 9.17) is 23.9 Å². The van der Waals surface area contributed by atoms with Gasteiger partial charge in [-0.1, -0.05) is 30.0 Å². The average molecular weight is 616 g/mol. The first-order chi connectivity index (χ1) is 21.4. The van der Waals surface area contributed by atoms with Crippen molar-refractivity contribution >= 4 is 51.9 Å². The van der Waals surface area contributed by atoms with Crippen LogP contribution in [0.4, 0.5) is 11.4 Å². The van der Waals surface area contributed by atoms with Crippen molar-refractivity contribution < 1.29 is 33.3 Å². The molecule has 3 aliphatic heterocycles. The smallest absolute Gasteiger partial charge is 0.259 e. The highest BCUT2D eigenvalue weighted by molar-refractivity contribution is 8.14. The van der Waals surface area contributed by atoms with Crippen molar-refractivity contribution in [3.63, 3.8) is 0 Å². The summed E-state index contributed by atoms with van der Waals surface area (Å²) in [6.45, 7) is 0.500. The Morgan fingerprint density at radius 1 is 1.02 bits per heavy atom. The van der Waals surface area contributed by atoms with Gasteiger partial charge in [-0.3, -0.25) is 19.4 Å². The molecule has 0 aromatic heterocycles. The number of amidine groups is 2. The number of hydrogen-bond acceptors (Lipinski definition) is 10. The summed E-state index contributed by atoms with van der Waals surface area (Å²) >= 11 is 1.12. The standard InChI is InChI=1S/C31H29N5O7S/c1-40-19-8-11-24(41-2)23(14-19)33-28(38)16-44-31-35-21-6-4-3-5-20(21)29-34-22(30(39)36(29)31)9-12-27(37)32-15-18-7-10-25-26(13-18)43-17-42-25/h3-8,10-11,13-14,22H,9,12,15-17H2,1-2H3,(H,32,37)(H,33,38)/t22-/m1/s1. The van der Waals surface area contributed by atoms with E-state index in [1.807, 2.05) is 42.5 Å². The molecule has 3 amide bonds. The lowest BCUT2D eigenvalue weighted by Crippen LogP contribution is -2.41. The number of para-hydroxylation sites is 1. The maximum atomic E-state index is 13.6. The Hall–Kier alpha value is -5.04. The molecule has 0 fully saturated rings. The Morgan fingerprint density at radius 3 is 2.70 bits per heavy atom. The molecule has 12 nitrogen and oxygen atoms in total. The summed E-state index contributed by atoms with van der Waals surface area (Å²) in [5, 5.41) is 6.06. The highest BCUT2D eigenvalue weighted by Crippen LogP contribution is 2.35. The van der Waals surface area contributed by atoms with E-state index in [-0.39, 0.29) is 43.1 Å². The van der Waals surface area contributed by atoms with Crippen LogP contribution in [0.15, 0.2) is 70.6 Å². The minimum Gasteiger partial charge on any atom is -0.497 e. The third kappa shape index (κ3) is 6.04. The lowest BCUT2D eigenvalue weighted by molar-refractivity contribution is -0.125. The normalized spacial score (nSPS) is 16.0. The second-order valence-corrected chi connectivity index (χ2v) is 10.9. The Kier molecular flexibility index (Phi) is 8.37. The van der Waals surface area contributed by atoms with Crippen LogP contribution in [0, 0.1) is 0 Å². The summed E-state index contributed by atoms with van der Waals surface area (Å²) in [4.78, 5) is 50.0. The minimum absolute atomic E-state index is 0.0225. The maximum absolute atomic E-state index is 13.6. The van der Waals surface area contributed by atoms with Crippen molar-refractivity contribution in [1.29, 1.82) is 0 Å². The number of anilines is 1. The zero-order valence-electron chi connectivity index (χ0n) is 24.0. The average Bonchev–Trinajstić information content (AvgIpc) is 3.65. The molecule has 0 spiro atoms. The zero-order valence-corrected chi connectivity index (χ0v) is 24.8. The molecule has 3 heterocycles. The number of amides is 3. The minimum atomic E-state index is -0.756. The number of carbonyl (C=O) groups excluding carboxylic acids is 3. The van der Waals surface area contributed by atoms with Crippen LogP contribution in [0.1, 0.15) is 24.0 Å². The second kappa shape index (κ2) is 12.7. The highest BCUT2D eigenvalue weighted by Gasteiger charge is 2.41. The van der Waals surface area contributed by atoms with Crippen LogP contribution in [-0.4, -0.2) is 66.4 Å².